The van der Waals surface area contributed by atoms with Gasteiger partial charge in [0.25, 0.3) is 0 Å². The zero-order valence-corrected chi connectivity index (χ0v) is 16.2. The number of benzene rings is 2. The van der Waals surface area contributed by atoms with Crippen LogP contribution in [0.3, 0.4) is 0 Å². The molecule has 0 unspecified atom stereocenters. The van der Waals surface area contributed by atoms with Crippen molar-refractivity contribution in [3.8, 4) is 0 Å². The van der Waals surface area contributed by atoms with Crippen molar-refractivity contribution in [2.75, 3.05) is 41.3 Å². The minimum Gasteiger partial charge on any atom is -0.368 e. The number of aryl methyl sites for hydroxylation is 2. The number of hydrogen-bond donors (Lipinski definition) is 1. The third-order valence-corrected chi connectivity index (χ3v) is 5.18. The van der Waals surface area contributed by atoms with Gasteiger partial charge in [0.05, 0.1) is 0 Å². The van der Waals surface area contributed by atoms with E-state index in [0.717, 1.165) is 49.3 Å². The standard InChI is InChI=1S/C22H24FN5/c1-16-3-6-19(15-17(16)2)25-21-9-10-24-22(26-21)28-13-11-27(12-14-28)20-7-4-18(23)5-8-20/h3-10,15H,11-14H2,1-2H3,(H,24,25,26). The Morgan fingerprint density at radius 3 is 2.29 bits per heavy atom. The number of nitrogens with zero attached hydrogens (tertiary/aromatic N) is 4. The van der Waals surface area contributed by atoms with Crippen molar-refractivity contribution in [1.29, 1.82) is 0 Å². The zero-order valence-electron chi connectivity index (χ0n) is 16.2. The molecule has 1 aliphatic rings. The van der Waals surface area contributed by atoms with Crippen molar-refractivity contribution in [2.24, 2.45) is 0 Å². The van der Waals surface area contributed by atoms with Gasteiger partial charge in [-0.25, -0.2) is 9.37 Å². The molecule has 0 spiro atoms. The molecule has 4 rings (SSSR count). The summed E-state index contributed by atoms with van der Waals surface area (Å²) in [6, 6.07) is 14.8. The largest absolute Gasteiger partial charge is 0.368 e. The fourth-order valence-corrected chi connectivity index (χ4v) is 3.35. The van der Waals surface area contributed by atoms with Crippen LogP contribution in [0.25, 0.3) is 0 Å². The fourth-order valence-electron chi connectivity index (χ4n) is 3.35. The van der Waals surface area contributed by atoms with Crippen molar-refractivity contribution in [3.05, 3.63) is 71.7 Å². The topological polar surface area (TPSA) is 44.3 Å². The Bertz CT molecular complexity index is 949. The summed E-state index contributed by atoms with van der Waals surface area (Å²) in [4.78, 5) is 13.6. The molecular weight excluding hydrogens is 353 g/mol. The van der Waals surface area contributed by atoms with E-state index in [4.69, 9.17) is 0 Å². The van der Waals surface area contributed by atoms with Crippen molar-refractivity contribution in [2.45, 2.75) is 13.8 Å². The summed E-state index contributed by atoms with van der Waals surface area (Å²) in [7, 11) is 0. The van der Waals surface area contributed by atoms with E-state index < -0.39 is 0 Å². The van der Waals surface area contributed by atoms with E-state index in [0.29, 0.717) is 0 Å². The van der Waals surface area contributed by atoms with E-state index in [-0.39, 0.29) is 5.82 Å². The summed E-state index contributed by atoms with van der Waals surface area (Å²) in [6.45, 7) is 7.56. The van der Waals surface area contributed by atoms with Crippen LogP contribution >= 0.6 is 0 Å². The summed E-state index contributed by atoms with van der Waals surface area (Å²) in [6.07, 6.45) is 1.79. The lowest BCUT2D eigenvalue weighted by atomic mass is 10.1. The molecule has 144 valence electrons. The van der Waals surface area contributed by atoms with Crippen LogP contribution in [0.2, 0.25) is 0 Å². The molecule has 2 heterocycles. The third-order valence-electron chi connectivity index (χ3n) is 5.18. The van der Waals surface area contributed by atoms with E-state index in [1.165, 1.54) is 23.3 Å². The van der Waals surface area contributed by atoms with E-state index in [1.807, 2.05) is 18.2 Å². The minimum absolute atomic E-state index is 0.205. The molecule has 1 fully saturated rings. The van der Waals surface area contributed by atoms with Crippen LogP contribution in [0, 0.1) is 19.7 Å². The van der Waals surface area contributed by atoms with Crippen LogP contribution in [0.15, 0.2) is 54.7 Å². The first kappa shape index (κ1) is 18.2. The molecule has 0 bridgehead atoms. The second kappa shape index (κ2) is 7.84. The van der Waals surface area contributed by atoms with Crippen molar-refractivity contribution in [3.63, 3.8) is 0 Å². The Hall–Kier alpha value is -3.15. The summed E-state index contributed by atoms with van der Waals surface area (Å²) < 4.78 is 13.1. The molecule has 1 aromatic heterocycles. The number of nitrogens with one attached hydrogen (secondary N) is 1. The molecule has 0 aliphatic carbocycles. The van der Waals surface area contributed by atoms with Crippen LogP contribution in [0.5, 0.6) is 0 Å². The Morgan fingerprint density at radius 1 is 0.857 bits per heavy atom. The molecular formula is C22H24FN5. The highest BCUT2D eigenvalue weighted by molar-refractivity contribution is 5.59. The maximum absolute atomic E-state index is 13.1. The maximum atomic E-state index is 13.1. The fraction of sp³-hybridized carbons (Fsp3) is 0.273. The van der Waals surface area contributed by atoms with Crippen LogP contribution in [-0.2, 0) is 0 Å². The van der Waals surface area contributed by atoms with Gasteiger partial charge in [0.15, 0.2) is 0 Å². The van der Waals surface area contributed by atoms with Gasteiger partial charge in [-0.15, -0.1) is 0 Å². The van der Waals surface area contributed by atoms with Gasteiger partial charge in [0.1, 0.15) is 11.6 Å². The predicted molar refractivity (Wildman–Crippen MR) is 112 cm³/mol. The normalized spacial score (nSPS) is 14.2. The summed E-state index contributed by atoms with van der Waals surface area (Å²) >= 11 is 0. The number of aromatic nitrogens is 2. The molecule has 2 aromatic carbocycles. The van der Waals surface area contributed by atoms with Crippen LogP contribution < -0.4 is 15.1 Å². The average molecular weight is 377 g/mol. The lowest BCUT2D eigenvalue weighted by molar-refractivity contribution is 0.623. The molecule has 5 nitrogen and oxygen atoms in total. The van der Waals surface area contributed by atoms with Gasteiger partial charge in [-0.05, 0) is 67.4 Å². The van der Waals surface area contributed by atoms with E-state index in [1.54, 1.807) is 6.20 Å². The number of halogens is 1. The van der Waals surface area contributed by atoms with Gasteiger partial charge in [-0.2, -0.15) is 4.98 Å². The molecule has 28 heavy (non-hydrogen) atoms. The lowest BCUT2D eigenvalue weighted by Gasteiger charge is -2.36. The summed E-state index contributed by atoms with van der Waals surface area (Å²) in [5, 5.41) is 3.37. The van der Waals surface area contributed by atoms with E-state index in [2.05, 4.69) is 57.1 Å². The predicted octanol–water partition coefficient (Wildman–Crippen LogP) is 4.30. The lowest BCUT2D eigenvalue weighted by Crippen LogP contribution is -2.47. The third kappa shape index (κ3) is 4.06. The molecule has 1 N–H and O–H groups in total. The maximum Gasteiger partial charge on any atom is 0.227 e. The average Bonchev–Trinajstić information content (AvgIpc) is 2.72. The smallest absolute Gasteiger partial charge is 0.227 e. The molecule has 6 heteroatoms. The minimum atomic E-state index is -0.205. The van der Waals surface area contributed by atoms with Gasteiger partial charge in [0.2, 0.25) is 5.95 Å². The molecule has 0 radical (unpaired) electrons. The van der Waals surface area contributed by atoms with E-state index in [9.17, 15) is 4.39 Å². The van der Waals surface area contributed by atoms with Crippen molar-refractivity contribution in [1.82, 2.24) is 9.97 Å². The van der Waals surface area contributed by atoms with Gasteiger partial charge < -0.3 is 15.1 Å². The first-order valence-corrected chi connectivity index (χ1v) is 9.51. The highest BCUT2D eigenvalue weighted by atomic mass is 19.1. The second-order valence-electron chi connectivity index (χ2n) is 7.12. The van der Waals surface area contributed by atoms with Gasteiger partial charge in [0, 0.05) is 43.8 Å². The number of rotatable bonds is 4. The van der Waals surface area contributed by atoms with Crippen LogP contribution in [0.1, 0.15) is 11.1 Å². The van der Waals surface area contributed by atoms with Crippen LogP contribution in [0.4, 0.5) is 27.5 Å². The molecule has 0 amide bonds. The summed E-state index contributed by atoms with van der Waals surface area (Å²) in [5.74, 6) is 1.31. The molecule has 1 aliphatic heterocycles. The van der Waals surface area contributed by atoms with E-state index >= 15 is 0 Å². The Kier molecular flexibility index (Phi) is 5.10. The zero-order chi connectivity index (χ0) is 19.5. The van der Waals surface area contributed by atoms with Crippen LogP contribution in [-0.4, -0.2) is 36.1 Å². The molecule has 0 atom stereocenters. The summed E-state index contributed by atoms with van der Waals surface area (Å²) in [5.41, 5.74) is 4.59. The highest BCUT2D eigenvalue weighted by Crippen LogP contribution is 2.22. The SMILES string of the molecule is Cc1ccc(Nc2ccnc(N3CCN(c4ccc(F)cc4)CC3)n2)cc1C. The van der Waals surface area contributed by atoms with Crippen molar-refractivity contribution >= 4 is 23.1 Å². The Morgan fingerprint density at radius 2 is 1.57 bits per heavy atom. The number of anilines is 4. The first-order valence-electron chi connectivity index (χ1n) is 9.51. The van der Waals surface area contributed by atoms with Gasteiger partial charge in [-0.3, -0.25) is 0 Å². The van der Waals surface area contributed by atoms with Gasteiger partial charge >= 0.3 is 0 Å². The molecule has 1 saturated heterocycles. The molecule has 0 saturated carbocycles. The Labute approximate surface area is 164 Å². The number of hydrogen-bond acceptors (Lipinski definition) is 5. The van der Waals surface area contributed by atoms with Gasteiger partial charge in [-0.1, -0.05) is 6.07 Å². The highest BCUT2D eigenvalue weighted by Gasteiger charge is 2.19. The Balaban J connectivity index is 1.42. The second-order valence-corrected chi connectivity index (χ2v) is 7.12. The van der Waals surface area contributed by atoms with Crippen molar-refractivity contribution < 1.29 is 4.39 Å². The quantitative estimate of drug-likeness (QED) is 0.734. The first-order chi connectivity index (χ1) is 13.6. The number of piperazine rings is 1. The molecule has 3 aromatic rings. The monoisotopic (exact) mass is 377 g/mol.